The number of pyridine rings is 1. The molecule has 4 nitrogen and oxygen atoms in total. The molecule has 0 atom stereocenters. The second-order valence-electron chi connectivity index (χ2n) is 4.54. The molecule has 0 aromatic carbocycles. The van der Waals surface area contributed by atoms with Crippen molar-refractivity contribution in [2.75, 3.05) is 11.9 Å². The van der Waals surface area contributed by atoms with Gasteiger partial charge in [0, 0.05) is 13.0 Å². The molecule has 1 aliphatic carbocycles. The van der Waals surface area contributed by atoms with Crippen molar-refractivity contribution in [2.24, 2.45) is 5.92 Å². The molecule has 0 radical (unpaired) electrons. The molecule has 18 heavy (non-hydrogen) atoms. The summed E-state index contributed by atoms with van der Waals surface area (Å²) in [6, 6.07) is 3.41. The van der Waals surface area contributed by atoms with E-state index in [1.54, 1.807) is 18.3 Å². The third kappa shape index (κ3) is 3.68. The Morgan fingerprint density at radius 1 is 1.56 bits per heavy atom. The van der Waals surface area contributed by atoms with Gasteiger partial charge in [-0.25, -0.2) is 4.98 Å². The molecule has 1 heterocycles. The highest BCUT2D eigenvalue weighted by Gasteiger charge is 2.30. The van der Waals surface area contributed by atoms with Crippen LogP contribution in [0, 0.1) is 5.92 Å². The average molecular weight is 269 g/mol. The highest BCUT2D eigenvalue weighted by atomic mass is 35.5. The number of ether oxygens (including phenoxy) is 1. The molecule has 5 heteroatoms. The minimum absolute atomic E-state index is 0.0269. The first-order valence-electron chi connectivity index (χ1n) is 6.20. The van der Waals surface area contributed by atoms with E-state index in [1.165, 1.54) is 0 Å². The summed E-state index contributed by atoms with van der Waals surface area (Å²) in [6.45, 7) is 2.74. The number of nitrogens with one attached hydrogen (secondary N) is 1. The molecule has 0 unspecified atom stereocenters. The van der Waals surface area contributed by atoms with Gasteiger partial charge in [-0.3, -0.25) is 4.79 Å². The van der Waals surface area contributed by atoms with Gasteiger partial charge in [-0.05, 0) is 37.8 Å². The number of carbonyl (C=O) groups is 1. The lowest BCUT2D eigenvalue weighted by Crippen LogP contribution is -2.33. The van der Waals surface area contributed by atoms with Gasteiger partial charge in [0.15, 0.2) is 0 Å². The molecule has 1 fully saturated rings. The Balaban J connectivity index is 1.72. The zero-order chi connectivity index (χ0) is 13.0. The quantitative estimate of drug-likeness (QED) is 0.836. The van der Waals surface area contributed by atoms with Crippen LogP contribution in [0.4, 0.5) is 5.69 Å². The van der Waals surface area contributed by atoms with Crippen molar-refractivity contribution in [3.8, 4) is 0 Å². The van der Waals surface area contributed by atoms with Gasteiger partial charge >= 0.3 is 0 Å². The molecular formula is C13H17ClN2O2. The second kappa shape index (κ2) is 6.16. The molecule has 0 saturated heterocycles. The molecule has 0 spiro atoms. The molecule has 1 N–H and O–H groups in total. The molecular weight excluding hydrogens is 252 g/mol. The van der Waals surface area contributed by atoms with E-state index in [2.05, 4.69) is 10.3 Å². The average Bonchev–Trinajstić information content (AvgIpc) is 2.29. The zero-order valence-corrected chi connectivity index (χ0v) is 11.1. The standard InChI is InChI=1S/C13H17ClN2O2/c1-2-18-11-5-9(6-11)7-13(17)16-10-3-4-12(14)15-8-10/h3-4,8-9,11H,2,5-7H2,1H3,(H,16,17). The van der Waals surface area contributed by atoms with E-state index in [0.29, 0.717) is 29.3 Å². The van der Waals surface area contributed by atoms with Crippen LogP contribution in [-0.2, 0) is 9.53 Å². The minimum Gasteiger partial charge on any atom is -0.378 e. The molecule has 1 aliphatic rings. The first kappa shape index (κ1) is 13.3. The van der Waals surface area contributed by atoms with E-state index >= 15 is 0 Å². The number of carbonyl (C=O) groups excluding carboxylic acids is 1. The summed E-state index contributed by atoms with van der Waals surface area (Å²) >= 11 is 5.67. The minimum atomic E-state index is 0.0269. The molecule has 1 aromatic rings. The van der Waals surface area contributed by atoms with Crippen molar-refractivity contribution in [3.63, 3.8) is 0 Å². The van der Waals surface area contributed by atoms with Crippen molar-refractivity contribution in [2.45, 2.75) is 32.3 Å². The molecule has 1 saturated carbocycles. The highest BCUT2D eigenvalue weighted by molar-refractivity contribution is 6.29. The van der Waals surface area contributed by atoms with Crippen molar-refractivity contribution in [3.05, 3.63) is 23.5 Å². The van der Waals surface area contributed by atoms with E-state index in [4.69, 9.17) is 16.3 Å². The van der Waals surface area contributed by atoms with Crippen molar-refractivity contribution >= 4 is 23.2 Å². The van der Waals surface area contributed by atoms with Crippen LogP contribution in [0.2, 0.25) is 5.15 Å². The monoisotopic (exact) mass is 268 g/mol. The fourth-order valence-electron chi connectivity index (χ4n) is 2.14. The number of rotatable bonds is 5. The van der Waals surface area contributed by atoms with E-state index in [9.17, 15) is 4.79 Å². The second-order valence-corrected chi connectivity index (χ2v) is 4.92. The first-order valence-corrected chi connectivity index (χ1v) is 6.58. The molecule has 0 bridgehead atoms. The Labute approximate surface area is 112 Å². The lowest BCUT2D eigenvalue weighted by atomic mass is 9.80. The Morgan fingerprint density at radius 3 is 2.94 bits per heavy atom. The summed E-state index contributed by atoms with van der Waals surface area (Å²) < 4.78 is 5.46. The topological polar surface area (TPSA) is 51.2 Å². The van der Waals surface area contributed by atoms with E-state index in [0.717, 1.165) is 19.4 Å². The largest absolute Gasteiger partial charge is 0.378 e. The van der Waals surface area contributed by atoms with Crippen LogP contribution in [0.15, 0.2) is 18.3 Å². The lowest BCUT2D eigenvalue weighted by Gasteiger charge is -2.34. The number of anilines is 1. The predicted molar refractivity (Wildman–Crippen MR) is 70.6 cm³/mol. The van der Waals surface area contributed by atoms with Crippen LogP contribution >= 0.6 is 11.6 Å². The predicted octanol–water partition coefficient (Wildman–Crippen LogP) is 2.88. The first-order chi connectivity index (χ1) is 8.67. The summed E-state index contributed by atoms with van der Waals surface area (Å²) in [6.07, 6.45) is 4.43. The maximum absolute atomic E-state index is 11.8. The molecule has 1 aromatic heterocycles. The molecule has 0 aliphatic heterocycles. The number of hydrogen-bond acceptors (Lipinski definition) is 3. The van der Waals surface area contributed by atoms with Gasteiger partial charge in [0.25, 0.3) is 0 Å². The Hall–Kier alpha value is -1.13. The summed E-state index contributed by atoms with van der Waals surface area (Å²) in [5, 5.41) is 3.24. The summed E-state index contributed by atoms with van der Waals surface area (Å²) in [5.74, 6) is 0.473. The molecule has 98 valence electrons. The smallest absolute Gasteiger partial charge is 0.224 e. The summed E-state index contributed by atoms with van der Waals surface area (Å²) in [4.78, 5) is 15.7. The van der Waals surface area contributed by atoms with Crippen molar-refractivity contribution < 1.29 is 9.53 Å². The van der Waals surface area contributed by atoms with Crippen LogP contribution in [0.5, 0.6) is 0 Å². The number of hydrogen-bond donors (Lipinski definition) is 1. The van der Waals surface area contributed by atoms with Gasteiger partial charge < -0.3 is 10.1 Å². The van der Waals surface area contributed by atoms with Crippen LogP contribution in [0.1, 0.15) is 26.2 Å². The normalized spacial score (nSPS) is 22.3. The summed E-state index contributed by atoms with van der Waals surface area (Å²) in [7, 11) is 0. The van der Waals surface area contributed by atoms with Crippen molar-refractivity contribution in [1.29, 1.82) is 0 Å². The fourth-order valence-corrected chi connectivity index (χ4v) is 2.25. The van der Waals surface area contributed by atoms with Gasteiger partial charge in [0.2, 0.25) is 5.91 Å². The van der Waals surface area contributed by atoms with Gasteiger partial charge in [0.05, 0.1) is 18.0 Å². The van der Waals surface area contributed by atoms with Gasteiger partial charge in [-0.15, -0.1) is 0 Å². The van der Waals surface area contributed by atoms with Gasteiger partial charge in [-0.2, -0.15) is 0 Å². The highest BCUT2D eigenvalue weighted by Crippen LogP contribution is 2.32. The zero-order valence-electron chi connectivity index (χ0n) is 10.4. The maximum atomic E-state index is 11.8. The van der Waals surface area contributed by atoms with Crippen molar-refractivity contribution in [1.82, 2.24) is 4.98 Å². The SMILES string of the molecule is CCOC1CC(CC(=O)Nc2ccc(Cl)nc2)C1. The van der Waals surface area contributed by atoms with Crippen LogP contribution in [0.25, 0.3) is 0 Å². The van der Waals surface area contributed by atoms with E-state index in [-0.39, 0.29) is 5.91 Å². The summed E-state index contributed by atoms with van der Waals surface area (Å²) in [5.41, 5.74) is 0.685. The van der Waals surface area contributed by atoms with E-state index < -0.39 is 0 Å². The Kier molecular flexibility index (Phi) is 4.55. The third-order valence-corrected chi connectivity index (χ3v) is 3.30. The van der Waals surface area contributed by atoms with Crippen LogP contribution in [-0.4, -0.2) is 23.6 Å². The number of amides is 1. The van der Waals surface area contributed by atoms with Gasteiger partial charge in [0.1, 0.15) is 5.15 Å². The number of aromatic nitrogens is 1. The molecule has 2 rings (SSSR count). The third-order valence-electron chi connectivity index (χ3n) is 3.08. The number of nitrogens with zero attached hydrogens (tertiary/aromatic N) is 1. The molecule has 1 amide bonds. The lowest BCUT2D eigenvalue weighted by molar-refractivity contribution is -0.119. The Bertz CT molecular complexity index is 402. The van der Waals surface area contributed by atoms with E-state index in [1.807, 2.05) is 6.92 Å². The Morgan fingerprint density at radius 2 is 2.33 bits per heavy atom. The fraction of sp³-hybridized carbons (Fsp3) is 0.538. The maximum Gasteiger partial charge on any atom is 0.224 e. The number of halogens is 1. The van der Waals surface area contributed by atoms with Gasteiger partial charge in [-0.1, -0.05) is 11.6 Å². The van der Waals surface area contributed by atoms with Crippen LogP contribution in [0.3, 0.4) is 0 Å². The van der Waals surface area contributed by atoms with Crippen LogP contribution < -0.4 is 5.32 Å².